The van der Waals surface area contributed by atoms with Gasteiger partial charge in [0.15, 0.2) is 0 Å². The maximum Gasteiger partial charge on any atom is 0.254 e. The Balaban J connectivity index is 2.19. The molecule has 0 bridgehead atoms. The molecule has 20 heavy (non-hydrogen) atoms. The summed E-state index contributed by atoms with van der Waals surface area (Å²) in [5.74, 6) is -1.27. The molecule has 0 spiro atoms. The van der Waals surface area contributed by atoms with Gasteiger partial charge in [-0.05, 0) is 17.9 Å². The lowest BCUT2D eigenvalue weighted by Crippen LogP contribution is -2.44. The zero-order chi connectivity index (χ0) is 14.3. The number of carbonyl (C=O) groups is 2. The summed E-state index contributed by atoms with van der Waals surface area (Å²) in [4.78, 5) is 39.0. The highest BCUT2D eigenvalue weighted by Crippen LogP contribution is 2.27. The van der Waals surface area contributed by atoms with Gasteiger partial charge in [-0.3, -0.25) is 29.3 Å². The number of hydrogen-bond acceptors (Lipinski definition) is 5. The van der Waals surface area contributed by atoms with E-state index >= 15 is 0 Å². The van der Waals surface area contributed by atoms with Crippen LogP contribution in [0.5, 0.6) is 5.88 Å². The highest BCUT2D eigenvalue weighted by molar-refractivity contribution is 5.99. The molecule has 1 saturated heterocycles. The predicted octanol–water partition coefficient (Wildman–Crippen LogP) is 0.0798. The van der Waals surface area contributed by atoms with Crippen LogP contribution in [0, 0.1) is 0 Å². The van der Waals surface area contributed by atoms with Crippen LogP contribution < -0.4 is 10.9 Å². The van der Waals surface area contributed by atoms with Crippen molar-refractivity contribution in [2.45, 2.75) is 18.9 Å². The van der Waals surface area contributed by atoms with Crippen molar-refractivity contribution in [2.75, 3.05) is 0 Å². The molecule has 102 valence electrons. The summed E-state index contributed by atoms with van der Waals surface area (Å²) in [7, 11) is 0. The Morgan fingerprint density at radius 3 is 2.90 bits per heavy atom. The number of amides is 2. The van der Waals surface area contributed by atoms with Crippen LogP contribution in [0.4, 0.5) is 0 Å². The molecule has 1 atom stereocenters. The molecule has 0 aromatic carbocycles. The third-order valence-electron chi connectivity index (χ3n) is 3.36. The summed E-state index contributed by atoms with van der Waals surface area (Å²) in [5.41, 5.74) is -0.490. The molecule has 7 nitrogen and oxygen atoms in total. The lowest BCUT2D eigenvalue weighted by molar-refractivity contribution is -0.135. The van der Waals surface area contributed by atoms with E-state index in [0.29, 0.717) is 10.8 Å². The van der Waals surface area contributed by atoms with Crippen LogP contribution in [0.15, 0.2) is 29.3 Å². The van der Waals surface area contributed by atoms with Crippen molar-refractivity contribution in [1.82, 2.24) is 14.9 Å². The molecule has 2 amide bonds. The number of imide groups is 1. The van der Waals surface area contributed by atoms with E-state index < -0.39 is 17.5 Å². The van der Waals surface area contributed by atoms with Crippen LogP contribution >= 0.6 is 0 Å². The molecule has 0 aliphatic carbocycles. The molecule has 1 unspecified atom stereocenters. The number of aromatic nitrogens is 2. The first-order chi connectivity index (χ1) is 9.58. The van der Waals surface area contributed by atoms with Gasteiger partial charge in [-0.1, -0.05) is 0 Å². The van der Waals surface area contributed by atoms with Gasteiger partial charge in [-0.25, -0.2) is 0 Å². The first-order valence-corrected chi connectivity index (χ1v) is 6.10. The Morgan fingerprint density at radius 2 is 2.15 bits per heavy atom. The van der Waals surface area contributed by atoms with E-state index in [1.54, 1.807) is 6.07 Å². The lowest BCUT2D eigenvalue weighted by atomic mass is 10.1. The summed E-state index contributed by atoms with van der Waals surface area (Å²) < 4.78 is 1.01. The minimum Gasteiger partial charge on any atom is -0.494 e. The van der Waals surface area contributed by atoms with E-state index in [1.807, 2.05) is 0 Å². The van der Waals surface area contributed by atoms with Crippen LogP contribution in [0.3, 0.4) is 0 Å². The largest absolute Gasteiger partial charge is 0.494 e. The van der Waals surface area contributed by atoms with Gasteiger partial charge in [0.05, 0.1) is 5.39 Å². The average Bonchev–Trinajstić information content (AvgIpc) is 2.41. The molecule has 2 N–H and O–H groups in total. The van der Waals surface area contributed by atoms with Crippen LogP contribution in [-0.2, 0) is 9.59 Å². The van der Waals surface area contributed by atoms with Gasteiger partial charge < -0.3 is 5.11 Å². The monoisotopic (exact) mass is 273 g/mol. The van der Waals surface area contributed by atoms with Crippen molar-refractivity contribution in [3.8, 4) is 5.88 Å². The van der Waals surface area contributed by atoms with Crippen molar-refractivity contribution >= 4 is 22.6 Å². The molecule has 0 radical (unpaired) electrons. The standard InChI is InChI=1S/C13H11N3O4/c17-10-2-1-9(12(19)15-10)16-11(18)5-7-3-4-14-6-8(7)13(16)20/h3-6,9,20H,1-2H2,(H,15,17,19). The quantitative estimate of drug-likeness (QED) is 0.716. The lowest BCUT2D eigenvalue weighted by Gasteiger charge is -2.24. The first-order valence-electron chi connectivity index (χ1n) is 6.10. The fourth-order valence-corrected chi connectivity index (χ4v) is 2.38. The fraction of sp³-hybridized carbons (Fsp3) is 0.231. The summed E-state index contributed by atoms with van der Waals surface area (Å²) >= 11 is 0. The van der Waals surface area contributed by atoms with E-state index in [9.17, 15) is 19.5 Å². The average molecular weight is 273 g/mol. The Labute approximate surface area is 112 Å². The Hall–Kier alpha value is -2.70. The Kier molecular flexibility index (Phi) is 2.74. The molecular weight excluding hydrogens is 262 g/mol. The van der Waals surface area contributed by atoms with Crippen molar-refractivity contribution in [2.24, 2.45) is 0 Å². The molecule has 2 aromatic heterocycles. The minimum absolute atomic E-state index is 0.132. The van der Waals surface area contributed by atoms with Gasteiger partial charge in [-0.2, -0.15) is 0 Å². The highest BCUT2D eigenvalue weighted by atomic mass is 16.3. The second-order valence-corrected chi connectivity index (χ2v) is 4.61. The van der Waals surface area contributed by atoms with Gasteiger partial charge in [0, 0.05) is 24.9 Å². The van der Waals surface area contributed by atoms with E-state index in [0.717, 1.165) is 4.57 Å². The maximum absolute atomic E-state index is 12.1. The van der Waals surface area contributed by atoms with Crippen molar-refractivity contribution < 1.29 is 14.7 Å². The predicted molar refractivity (Wildman–Crippen MR) is 69.1 cm³/mol. The molecule has 0 saturated carbocycles. The summed E-state index contributed by atoms with van der Waals surface area (Å²) in [6, 6.07) is 2.05. The number of carbonyl (C=O) groups excluding carboxylic acids is 2. The minimum atomic E-state index is -0.884. The van der Waals surface area contributed by atoms with E-state index in [2.05, 4.69) is 10.3 Å². The number of aromatic hydroxyl groups is 1. The molecule has 1 fully saturated rings. The Bertz CT molecular complexity index is 781. The maximum atomic E-state index is 12.1. The van der Waals surface area contributed by atoms with Crippen molar-refractivity contribution in [3.05, 3.63) is 34.9 Å². The van der Waals surface area contributed by atoms with Crippen molar-refractivity contribution in [1.29, 1.82) is 0 Å². The van der Waals surface area contributed by atoms with Gasteiger partial charge in [0.1, 0.15) is 6.04 Å². The van der Waals surface area contributed by atoms with E-state index in [4.69, 9.17) is 0 Å². The first kappa shape index (κ1) is 12.3. The zero-order valence-corrected chi connectivity index (χ0v) is 10.4. The number of piperidine rings is 1. The number of pyridine rings is 2. The number of nitrogens with one attached hydrogen (secondary N) is 1. The number of hydrogen-bond donors (Lipinski definition) is 2. The van der Waals surface area contributed by atoms with Gasteiger partial charge in [0.25, 0.3) is 5.56 Å². The zero-order valence-electron chi connectivity index (χ0n) is 10.4. The van der Waals surface area contributed by atoms with Crippen molar-refractivity contribution in [3.63, 3.8) is 0 Å². The molecule has 3 heterocycles. The molecule has 3 rings (SSSR count). The second-order valence-electron chi connectivity index (χ2n) is 4.61. The number of nitrogens with zero attached hydrogens (tertiary/aromatic N) is 2. The van der Waals surface area contributed by atoms with Crippen LogP contribution in [0.2, 0.25) is 0 Å². The molecule has 2 aromatic rings. The molecule has 7 heteroatoms. The van der Waals surface area contributed by atoms with E-state index in [-0.39, 0.29) is 24.6 Å². The molecule has 1 aliphatic rings. The van der Waals surface area contributed by atoms with Gasteiger partial charge >= 0.3 is 0 Å². The molecular formula is C13H11N3O4. The van der Waals surface area contributed by atoms with Gasteiger partial charge in [-0.15, -0.1) is 0 Å². The third-order valence-corrected chi connectivity index (χ3v) is 3.36. The number of fused-ring (bicyclic) bond motifs is 1. The van der Waals surface area contributed by atoms with Crippen LogP contribution in [0.1, 0.15) is 18.9 Å². The SMILES string of the molecule is O=C1CCC(n2c(O)c3cnccc3cc2=O)C(=O)N1. The normalized spacial score (nSPS) is 19.1. The topological polar surface area (TPSA) is 101 Å². The number of rotatable bonds is 1. The van der Waals surface area contributed by atoms with E-state index in [1.165, 1.54) is 18.5 Å². The Morgan fingerprint density at radius 1 is 1.35 bits per heavy atom. The summed E-state index contributed by atoms with van der Waals surface area (Å²) in [5, 5.41) is 13.3. The highest BCUT2D eigenvalue weighted by Gasteiger charge is 2.30. The molecule has 1 aliphatic heterocycles. The summed E-state index contributed by atoms with van der Waals surface area (Å²) in [6.45, 7) is 0. The van der Waals surface area contributed by atoms with Crippen LogP contribution in [0.25, 0.3) is 10.8 Å². The summed E-state index contributed by atoms with van der Waals surface area (Å²) in [6.07, 6.45) is 3.25. The van der Waals surface area contributed by atoms with Gasteiger partial charge in [0.2, 0.25) is 17.7 Å². The smallest absolute Gasteiger partial charge is 0.254 e. The second kappa shape index (κ2) is 4.44. The van der Waals surface area contributed by atoms with Crippen LogP contribution in [-0.4, -0.2) is 26.5 Å². The third kappa shape index (κ3) is 1.83. The fourth-order valence-electron chi connectivity index (χ4n) is 2.38.